The molecular weight excluding hydrogens is 378 g/mol. The van der Waals surface area contributed by atoms with E-state index >= 15 is 0 Å². The van der Waals surface area contributed by atoms with E-state index < -0.39 is 9.84 Å². The van der Waals surface area contributed by atoms with E-state index in [1.165, 1.54) is 6.07 Å². The molecule has 144 valence electrons. The fraction of sp³-hybridized carbons (Fsp3) is 0.150. The average molecular weight is 397 g/mol. The van der Waals surface area contributed by atoms with Gasteiger partial charge in [-0.3, -0.25) is 4.79 Å². The quantitative estimate of drug-likeness (QED) is 0.686. The number of nitrogens with zero attached hydrogens (tertiary/aromatic N) is 2. The van der Waals surface area contributed by atoms with Crippen molar-refractivity contribution in [2.24, 2.45) is 0 Å². The highest BCUT2D eigenvalue weighted by atomic mass is 32.2. The average Bonchev–Trinajstić information content (AvgIpc) is 2.69. The van der Waals surface area contributed by atoms with Gasteiger partial charge in [0.2, 0.25) is 0 Å². The Morgan fingerprint density at radius 3 is 2.32 bits per heavy atom. The summed E-state index contributed by atoms with van der Waals surface area (Å²) < 4.78 is 28.4. The largest absolute Gasteiger partial charge is 0.493 e. The second kappa shape index (κ2) is 8.18. The Balaban J connectivity index is 1.75. The van der Waals surface area contributed by atoms with Gasteiger partial charge in [-0.1, -0.05) is 24.3 Å². The van der Waals surface area contributed by atoms with Gasteiger partial charge >= 0.3 is 0 Å². The van der Waals surface area contributed by atoms with Crippen molar-refractivity contribution in [3.05, 3.63) is 66.2 Å². The molecule has 0 aliphatic carbocycles. The molecule has 1 heterocycles. The third-order valence-electron chi connectivity index (χ3n) is 3.89. The Bertz CT molecular complexity index is 1080. The number of hydrogen-bond donors (Lipinski definition) is 1. The third kappa shape index (κ3) is 4.52. The lowest BCUT2D eigenvalue weighted by Gasteiger charge is -2.10. The fourth-order valence-corrected chi connectivity index (χ4v) is 3.03. The second-order valence-corrected chi connectivity index (χ2v) is 7.95. The molecule has 1 amide bonds. The van der Waals surface area contributed by atoms with Gasteiger partial charge in [-0.2, -0.15) is 0 Å². The topological polar surface area (TPSA) is 98.2 Å². The van der Waals surface area contributed by atoms with Gasteiger partial charge in [0.15, 0.2) is 14.9 Å². The number of sulfone groups is 1. The number of aromatic nitrogens is 2. The number of para-hydroxylation sites is 1. The SMILES string of the molecule is CCOc1ccccc1C(=O)Nc1ccc(-c2ccc(S(C)(=O)=O)nn2)cc1. The van der Waals surface area contributed by atoms with E-state index in [4.69, 9.17) is 4.74 Å². The van der Waals surface area contributed by atoms with Crippen molar-refractivity contribution < 1.29 is 17.9 Å². The molecule has 8 heteroatoms. The molecule has 0 unspecified atom stereocenters. The van der Waals surface area contributed by atoms with E-state index in [0.29, 0.717) is 29.3 Å². The zero-order valence-corrected chi connectivity index (χ0v) is 16.2. The van der Waals surface area contributed by atoms with E-state index in [9.17, 15) is 13.2 Å². The van der Waals surface area contributed by atoms with Gasteiger partial charge in [-0.25, -0.2) is 8.42 Å². The summed E-state index contributed by atoms with van der Waals surface area (Å²) in [6.07, 6.45) is 1.08. The number of ether oxygens (including phenoxy) is 1. The molecule has 0 aliphatic rings. The van der Waals surface area contributed by atoms with Gasteiger partial charge in [0.05, 0.1) is 17.9 Å². The lowest BCUT2D eigenvalue weighted by Crippen LogP contribution is -2.13. The summed E-state index contributed by atoms with van der Waals surface area (Å²) in [4.78, 5) is 12.5. The fourth-order valence-electron chi connectivity index (χ4n) is 2.53. The van der Waals surface area contributed by atoms with Crippen molar-refractivity contribution in [2.45, 2.75) is 11.9 Å². The molecule has 3 aromatic rings. The van der Waals surface area contributed by atoms with Crippen molar-refractivity contribution in [1.29, 1.82) is 0 Å². The van der Waals surface area contributed by atoms with Crippen molar-refractivity contribution in [1.82, 2.24) is 10.2 Å². The Morgan fingerprint density at radius 2 is 1.71 bits per heavy atom. The molecule has 0 saturated carbocycles. The van der Waals surface area contributed by atoms with Crippen LogP contribution in [-0.2, 0) is 9.84 Å². The van der Waals surface area contributed by atoms with E-state index in [1.807, 2.05) is 13.0 Å². The first-order valence-corrected chi connectivity index (χ1v) is 10.4. The normalized spacial score (nSPS) is 11.1. The van der Waals surface area contributed by atoms with Gasteiger partial charge in [-0.15, -0.1) is 10.2 Å². The third-order valence-corrected chi connectivity index (χ3v) is 4.87. The Hall–Kier alpha value is -3.26. The highest BCUT2D eigenvalue weighted by molar-refractivity contribution is 7.90. The van der Waals surface area contributed by atoms with Gasteiger partial charge in [-0.05, 0) is 43.3 Å². The number of nitrogens with one attached hydrogen (secondary N) is 1. The van der Waals surface area contributed by atoms with E-state index in [-0.39, 0.29) is 10.9 Å². The molecule has 2 aromatic carbocycles. The molecule has 0 aliphatic heterocycles. The van der Waals surface area contributed by atoms with Crippen LogP contribution < -0.4 is 10.1 Å². The predicted octanol–water partition coefficient (Wildman–Crippen LogP) is 3.20. The minimum absolute atomic E-state index is 0.0758. The van der Waals surface area contributed by atoms with Crippen LogP contribution in [0.4, 0.5) is 5.69 Å². The van der Waals surface area contributed by atoms with Crippen molar-refractivity contribution in [2.75, 3.05) is 18.2 Å². The van der Waals surface area contributed by atoms with Gasteiger partial charge in [0, 0.05) is 17.5 Å². The predicted molar refractivity (Wildman–Crippen MR) is 106 cm³/mol. The van der Waals surface area contributed by atoms with E-state index in [0.717, 1.165) is 11.8 Å². The number of benzene rings is 2. The van der Waals surface area contributed by atoms with Crippen molar-refractivity contribution in [3.63, 3.8) is 0 Å². The Kier molecular flexibility index (Phi) is 5.70. The summed E-state index contributed by atoms with van der Waals surface area (Å²) in [6.45, 7) is 2.33. The van der Waals surface area contributed by atoms with E-state index in [1.54, 1.807) is 48.5 Å². The van der Waals surface area contributed by atoms with E-state index in [2.05, 4.69) is 15.5 Å². The maximum absolute atomic E-state index is 12.5. The maximum atomic E-state index is 12.5. The number of hydrogen-bond acceptors (Lipinski definition) is 6. The molecule has 0 fully saturated rings. The molecule has 0 radical (unpaired) electrons. The van der Waals surface area contributed by atoms with Gasteiger partial charge in [0.1, 0.15) is 5.75 Å². The van der Waals surface area contributed by atoms with Crippen molar-refractivity contribution in [3.8, 4) is 17.0 Å². The number of amides is 1. The number of carbonyl (C=O) groups is 1. The number of rotatable bonds is 6. The number of anilines is 1. The lowest BCUT2D eigenvalue weighted by atomic mass is 10.1. The van der Waals surface area contributed by atoms with Crippen LogP contribution in [0.1, 0.15) is 17.3 Å². The van der Waals surface area contributed by atoms with Crippen LogP contribution in [0.2, 0.25) is 0 Å². The second-order valence-electron chi connectivity index (χ2n) is 5.99. The monoisotopic (exact) mass is 397 g/mol. The molecule has 7 nitrogen and oxygen atoms in total. The molecule has 28 heavy (non-hydrogen) atoms. The van der Waals surface area contributed by atoms with Crippen LogP contribution in [0.3, 0.4) is 0 Å². The Morgan fingerprint density at radius 1 is 1.00 bits per heavy atom. The van der Waals surface area contributed by atoms with Gasteiger partial charge in [0.25, 0.3) is 5.91 Å². The summed E-state index contributed by atoms with van der Waals surface area (Å²) >= 11 is 0. The summed E-state index contributed by atoms with van der Waals surface area (Å²) in [5.41, 5.74) is 2.35. The molecule has 0 atom stereocenters. The molecule has 3 rings (SSSR count). The Labute approximate surface area is 163 Å². The lowest BCUT2D eigenvalue weighted by molar-refractivity contribution is 0.102. The van der Waals surface area contributed by atoms with Crippen LogP contribution >= 0.6 is 0 Å². The molecule has 1 aromatic heterocycles. The minimum atomic E-state index is -3.39. The zero-order chi connectivity index (χ0) is 20.1. The van der Waals surface area contributed by atoms with Crippen LogP contribution in [0.25, 0.3) is 11.3 Å². The molecule has 0 spiro atoms. The van der Waals surface area contributed by atoms with Crippen LogP contribution in [-0.4, -0.2) is 37.4 Å². The standard InChI is InChI=1S/C20H19N3O4S/c1-3-27-18-7-5-4-6-16(18)20(24)21-15-10-8-14(9-11-15)17-12-13-19(23-22-17)28(2,25)26/h4-13H,3H2,1-2H3,(H,21,24). The van der Waals surface area contributed by atoms with Crippen molar-refractivity contribution >= 4 is 21.4 Å². The smallest absolute Gasteiger partial charge is 0.259 e. The number of carbonyl (C=O) groups excluding carboxylic acids is 1. The van der Waals surface area contributed by atoms with Gasteiger partial charge < -0.3 is 10.1 Å². The van der Waals surface area contributed by atoms with Crippen LogP contribution in [0.5, 0.6) is 5.75 Å². The summed E-state index contributed by atoms with van der Waals surface area (Å²) in [7, 11) is -3.39. The highest BCUT2D eigenvalue weighted by Crippen LogP contribution is 2.22. The molecule has 1 N–H and O–H groups in total. The van der Waals surface area contributed by atoms with Crippen LogP contribution in [0, 0.1) is 0 Å². The molecule has 0 saturated heterocycles. The summed E-state index contributed by atoms with van der Waals surface area (Å²) in [5.74, 6) is 0.259. The minimum Gasteiger partial charge on any atom is -0.493 e. The zero-order valence-electron chi connectivity index (χ0n) is 15.4. The van der Waals surface area contributed by atoms with Crippen LogP contribution in [0.15, 0.2) is 65.7 Å². The highest BCUT2D eigenvalue weighted by Gasteiger charge is 2.13. The summed E-state index contributed by atoms with van der Waals surface area (Å²) in [5, 5.41) is 10.4. The molecule has 0 bridgehead atoms. The molecular formula is C20H19N3O4S. The first-order valence-electron chi connectivity index (χ1n) is 8.56. The first-order chi connectivity index (χ1) is 13.4. The summed E-state index contributed by atoms with van der Waals surface area (Å²) in [6, 6.07) is 17.1. The maximum Gasteiger partial charge on any atom is 0.259 e. The first kappa shape index (κ1) is 19.5.